The van der Waals surface area contributed by atoms with Crippen molar-refractivity contribution in [1.82, 2.24) is 0 Å². The van der Waals surface area contributed by atoms with E-state index in [2.05, 4.69) is 115 Å². The first kappa shape index (κ1) is 24.3. The highest BCUT2D eigenvalue weighted by atomic mass is 79.9. The van der Waals surface area contributed by atoms with Crippen LogP contribution in [0.5, 0.6) is 0 Å². The molecule has 28 heavy (non-hydrogen) atoms. The third kappa shape index (κ3) is 8.95. The van der Waals surface area contributed by atoms with Gasteiger partial charge in [-0.1, -0.05) is 37.5 Å². The van der Waals surface area contributed by atoms with Crippen molar-refractivity contribution in [3.63, 3.8) is 0 Å². The number of hydrogen-bond donors (Lipinski definition) is 0. The molecule has 0 N–H and O–H groups in total. The molecule has 0 saturated carbocycles. The topological polar surface area (TPSA) is 18.5 Å². The lowest BCUT2D eigenvalue weighted by Gasteiger charge is -2.37. The zero-order valence-corrected chi connectivity index (χ0v) is 20.2. The maximum Gasteiger partial charge on any atom is 0.302 e. The molecule has 0 aromatic rings. The van der Waals surface area contributed by atoms with Gasteiger partial charge in [-0.05, 0) is 72.9 Å². The third-order valence-corrected chi connectivity index (χ3v) is 3.78. The second-order valence-corrected chi connectivity index (χ2v) is 8.84. The Bertz CT molecular complexity index is 884. The third-order valence-electron chi connectivity index (χ3n) is 3.38. The Morgan fingerprint density at radius 2 is 1.07 bits per heavy atom. The Kier molecular flexibility index (Phi) is 8.79. The fourth-order valence-electron chi connectivity index (χ4n) is 1.75. The van der Waals surface area contributed by atoms with E-state index in [-0.39, 0.29) is 5.41 Å². The zero-order chi connectivity index (χ0) is 21.3. The van der Waals surface area contributed by atoms with E-state index in [0.29, 0.717) is 13.2 Å². The second kappa shape index (κ2) is 10.1. The molecule has 1 rings (SSSR count). The quantitative estimate of drug-likeness (QED) is 0.454. The summed E-state index contributed by atoms with van der Waals surface area (Å²) in [5, 5.41) is 0. The highest BCUT2D eigenvalue weighted by Crippen LogP contribution is 2.28. The van der Waals surface area contributed by atoms with Crippen molar-refractivity contribution in [2.75, 3.05) is 13.2 Å². The first-order chi connectivity index (χ1) is 12.9. The van der Waals surface area contributed by atoms with Crippen molar-refractivity contribution < 1.29 is 9.47 Å². The second-order valence-electron chi connectivity index (χ2n) is 8.05. The summed E-state index contributed by atoms with van der Waals surface area (Å²) in [5.41, 5.74) is -1.05. The Morgan fingerprint density at radius 1 is 0.679 bits per heavy atom. The van der Waals surface area contributed by atoms with Crippen molar-refractivity contribution in [2.24, 2.45) is 16.2 Å². The van der Waals surface area contributed by atoms with Crippen LogP contribution < -0.4 is 0 Å². The van der Waals surface area contributed by atoms with E-state index in [1.54, 1.807) is 0 Å². The van der Waals surface area contributed by atoms with Crippen molar-refractivity contribution in [1.29, 1.82) is 0 Å². The SMILES string of the molecule is CC(C)(C#CBr)C#CC#CC1(C#CC#CC(C)(C)C#CBr)OCC(C)(C)CO1. The molecule has 1 fully saturated rings. The summed E-state index contributed by atoms with van der Waals surface area (Å²) in [4.78, 5) is 5.37. The highest BCUT2D eigenvalue weighted by molar-refractivity contribution is 9.12. The monoisotopic (exact) mass is 500 g/mol. The molecule has 0 radical (unpaired) electrons. The Morgan fingerprint density at radius 3 is 1.43 bits per heavy atom. The van der Waals surface area contributed by atoms with Crippen LogP contribution in [-0.2, 0) is 9.47 Å². The molecule has 4 heteroatoms. The predicted octanol–water partition coefficient (Wildman–Crippen LogP) is 4.53. The van der Waals surface area contributed by atoms with Gasteiger partial charge < -0.3 is 9.47 Å². The minimum Gasteiger partial charge on any atom is -0.329 e. The maximum absolute atomic E-state index is 5.86. The summed E-state index contributed by atoms with van der Waals surface area (Å²) in [6.45, 7) is 12.7. The molecule has 1 aliphatic rings. The van der Waals surface area contributed by atoms with Gasteiger partial charge in [-0.15, -0.1) is 0 Å². The van der Waals surface area contributed by atoms with Gasteiger partial charge in [0.1, 0.15) is 0 Å². The zero-order valence-electron chi connectivity index (χ0n) is 17.0. The minimum atomic E-state index is -1.34. The lowest BCUT2D eigenvalue weighted by molar-refractivity contribution is -0.234. The van der Waals surface area contributed by atoms with Crippen LogP contribution in [0.4, 0.5) is 0 Å². The normalized spacial score (nSPS) is 16.3. The first-order valence-electron chi connectivity index (χ1n) is 8.57. The number of hydrogen-bond acceptors (Lipinski definition) is 2. The van der Waals surface area contributed by atoms with Crippen molar-refractivity contribution in [2.45, 2.75) is 47.3 Å². The Hall–Kier alpha value is -1.76. The molecule has 0 amide bonds. The summed E-state index contributed by atoms with van der Waals surface area (Å²) < 4.78 is 11.7. The Labute approximate surface area is 186 Å². The van der Waals surface area contributed by atoms with E-state index in [1.807, 2.05) is 27.7 Å². The van der Waals surface area contributed by atoms with E-state index in [9.17, 15) is 0 Å². The summed E-state index contributed by atoms with van der Waals surface area (Å²) >= 11 is 6.18. The van der Waals surface area contributed by atoms with Crippen LogP contribution in [0, 0.1) is 85.1 Å². The molecule has 0 atom stereocenters. The van der Waals surface area contributed by atoms with Gasteiger partial charge >= 0.3 is 5.79 Å². The standard InChI is InChI=1S/C24H22Br2O2/c1-21(2,15-17-25)11-7-9-13-24(27-19-23(5,6)20-28-24)14-10-8-12-22(3,4)16-18-26/h19-20H2,1-6H3. The van der Waals surface area contributed by atoms with Crippen LogP contribution in [0.2, 0.25) is 0 Å². The lowest BCUT2D eigenvalue weighted by Crippen LogP contribution is -2.45. The highest BCUT2D eigenvalue weighted by Gasteiger charge is 2.38. The number of halogens is 2. The average Bonchev–Trinajstić information content (AvgIpc) is 2.58. The van der Waals surface area contributed by atoms with Crippen LogP contribution >= 0.6 is 31.9 Å². The van der Waals surface area contributed by atoms with Gasteiger partial charge in [0, 0.05) is 37.3 Å². The molecule has 0 spiro atoms. The van der Waals surface area contributed by atoms with Gasteiger partial charge in [-0.25, -0.2) is 0 Å². The molecule has 2 nitrogen and oxygen atoms in total. The van der Waals surface area contributed by atoms with Crippen LogP contribution in [-0.4, -0.2) is 19.0 Å². The van der Waals surface area contributed by atoms with E-state index in [4.69, 9.17) is 9.47 Å². The van der Waals surface area contributed by atoms with Crippen LogP contribution in [0.3, 0.4) is 0 Å². The molecular weight excluding hydrogens is 480 g/mol. The van der Waals surface area contributed by atoms with E-state index >= 15 is 0 Å². The van der Waals surface area contributed by atoms with Gasteiger partial charge in [0.15, 0.2) is 0 Å². The van der Waals surface area contributed by atoms with Crippen molar-refractivity contribution in [3.8, 4) is 68.9 Å². The fraction of sp³-hybridized carbons (Fsp3) is 0.500. The molecule has 0 aromatic heterocycles. The Balaban J connectivity index is 3.15. The molecule has 144 valence electrons. The molecule has 0 aromatic carbocycles. The summed E-state index contributed by atoms with van der Waals surface area (Å²) in [6, 6.07) is 0. The predicted molar refractivity (Wildman–Crippen MR) is 120 cm³/mol. The minimum absolute atomic E-state index is 0.106. The maximum atomic E-state index is 5.86. The van der Waals surface area contributed by atoms with Crippen LogP contribution in [0.15, 0.2) is 0 Å². The van der Waals surface area contributed by atoms with Gasteiger partial charge in [0.25, 0.3) is 0 Å². The molecule has 1 saturated heterocycles. The lowest BCUT2D eigenvalue weighted by atomic mass is 9.94. The van der Waals surface area contributed by atoms with E-state index < -0.39 is 16.6 Å². The van der Waals surface area contributed by atoms with Crippen molar-refractivity contribution in [3.05, 3.63) is 0 Å². The average molecular weight is 502 g/mol. The molecule has 1 heterocycles. The largest absolute Gasteiger partial charge is 0.329 e. The molecule has 0 bridgehead atoms. The van der Waals surface area contributed by atoms with Gasteiger partial charge in [0.05, 0.1) is 24.0 Å². The summed E-state index contributed by atoms with van der Waals surface area (Å²) in [6.07, 6.45) is 0. The van der Waals surface area contributed by atoms with Crippen LogP contribution in [0.25, 0.3) is 0 Å². The van der Waals surface area contributed by atoms with Crippen LogP contribution in [0.1, 0.15) is 41.5 Å². The van der Waals surface area contributed by atoms with E-state index in [1.165, 1.54) is 0 Å². The van der Waals surface area contributed by atoms with Gasteiger partial charge in [0.2, 0.25) is 0 Å². The van der Waals surface area contributed by atoms with E-state index in [0.717, 1.165) is 0 Å². The fourth-order valence-corrected chi connectivity index (χ4v) is 2.74. The van der Waals surface area contributed by atoms with Crippen molar-refractivity contribution >= 4 is 31.9 Å². The number of rotatable bonds is 0. The molecule has 0 unspecified atom stereocenters. The molecular formula is C24H22Br2O2. The molecule has 0 aliphatic carbocycles. The van der Waals surface area contributed by atoms with Gasteiger partial charge in [-0.2, -0.15) is 0 Å². The summed E-state index contributed by atoms with van der Waals surface area (Å²) in [7, 11) is 0. The van der Waals surface area contributed by atoms with Gasteiger partial charge in [-0.3, -0.25) is 0 Å². The summed E-state index contributed by atoms with van der Waals surface area (Å²) in [5.74, 6) is 27.6. The number of ether oxygens (including phenoxy) is 2. The smallest absolute Gasteiger partial charge is 0.302 e. The first-order valence-corrected chi connectivity index (χ1v) is 10.2. The molecule has 1 aliphatic heterocycles.